The van der Waals surface area contributed by atoms with Crippen LogP contribution in [0.25, 0.3) is 0 Å². The monoisotopic (exact) mass is 347 g/mol. The molecular weight excluding hydrogens is 326 g/mol. The van der Waals surface area contributed by atoms with Gasteiger partial charge in [-0.2, -0.15) is 0 Å². The number of hydrogen-bond acceptors (Lipinski definition) is 6. The Bertz CT molecular complexity index is 702. The van der Waals surface area contributed by atoms with Gasteiger partial charge in [0.25, 0.3) is 0 Å². The molecule has 1 aliphatic carbocycles. The second kappa shape index (κ2) is 6.78. The molecule has 3 heterocycles. The van der Waals surface area contributed by atoms with Gasteiger partial charge in [-0.15, -0.1) is 10.2 Å². The Hall–Kier alpha value is -1.50. The van der Waals surface area contributed by atoms with Crippen LogP contribution in [0.4, 0.5) is 0 Å². The molecule has 4 rings (SSSR count). The summed E-state index contributed by atoms with van der Waals surface area (Å²) in [5.74, 6) is 2.07. The van der Waals surface area contributed by atoms with E-state index < -0.39 is 0 Å². The van der Waals surface area contributed by atoms with Gasteiger partial charge in [0.2, 0.25) is 11.8 Å². The van der Waals surface area contributed by atoms with Crippen molar-refractivity contribution in [3.05, 3.63) is 40.8 Å². The smallest absolute Gasteiger partial charge is 0.230 e. The van der Waals surface area contributed by atoms with Gasteiger partial charge < -0.3 is 4.42 Å². The third kappa shape index (κ3) is 3.61. The van der Waals surface area contributed by atoms with Gasteiger partial charge in [0.15, 0.2) is 0 Å². The van der Waals surface area contributed by atoms with Crippen LogP contribution in [0.2, 0.25) is 5.02 Å². The maximum atomic E-state index is 6.21. The number of aromatic nitrogens is 3. The summed E-state index contributed by atoms with van der Waals surface area (Å²) in [5.41, 5.74) is 1.14. The zero-order valence-corrected chi connectivity index (χ0v) is 14.6. The van der Waals surface area contributed by atoms with Gasteiger partial charge in [0.1, 0.15) is 0 Å². The molecule has 6 nitrogen and oxygen atoms in total. The van der Waals surface area contributed by atoms with Crippen LogP contribution in [0.3, 0.4) is 0 Å². The minimum absolute atomic E-state index is 0.502. The summed E-state index contributed by atoms with van der Waals surface area (Å²) >= 11 is 6.21. The second-order valence-electron chi connectivity index (χ2n) is 6.87. The first-order chi connectivity index (χ1) is 11.7. The first-order valence-electron chi connectivity index (χ1n) is 8.52. The largest absolute Gasteiger partial charge is 0.424 e. The van der Waals surface area contributed by atoms with Crippen molar-refractivity contribution >= 4 is 11.6 Å². The summed E-state index contributed by atoms with van der Waals surface area (Å²) in [6.45, 7) is 3.69. The molecule has 24 heavy (non-hydrogen) atoms. The fraction of sp³-hybridized carbons (Fsp3) is 0.588. The number of halogens is 1. The highest BCUT2D eigenvalue weighted by Crippen LogP contribution is 2.39. The summed E-state index contributed by atoms with van der Waals surface area (Å²) in [7, 11) is 2.13. The normalized spacial score (nSPS) is 21.7. The summed E-state index contributed by atoms with van der Waals surface area (Å²) in [4.78, 5) is 8.80. The lowest BCUT2D eigenvalue weighted by molar-refractivity contribution is 0.204. The Labute approximate surface area is 146 Å². The molecule has 0 N–H and O–H groups in total. The molecule has 1 saturated carbocycles. The van der Waals surface area contributed by atoms with Gasteiger partial charge in [-0.25, -0.2) is 0 Å². The summed E-state index contributed by atoms with van der Waals surface area (Å²) < 4.78 is 5.77. The van der Waals surface area contributed by atoms with Gasteiger partial charge in [0.05, 0.1) is 11.6 Å². The molecule has 128 valence electrons. The Kier molecular flexibility index (Phi) is 4.52. The molecule has 2 aliphatic rings. The fourth-order valence-corrected chi connectivity index (χ4v) is 3.44. The van der Waals surface area contributed by atoms with Crippen molar-refractivity contribution < 1.29 is 4.42 Å². The van der Waals surface area contributed by atoms with Crippen LogP contribution in [-0.4, -0.2) is 51.2 Å². The van der Waals surface area contributed by atoms with Gasteiger partial charge in [-0.3, -0.25) is 14.8 Å². The highest BCUT2D eigenvalue weighted by molar-refractivity contribution is 6.31. The van der Waals surface area contributed by atoms with E-state index in [1.54, 1.807) is 12.4 Å². The molecule has 2 aromatic rings. The van der Waals surface area contributed by atoms with Crippen LogP contribution < -0.4 is 0 Å². The lowest BCUT2D eigenvalue weighted by Crippen LogP contribution is -2.34. The molecule has 0 bridgehead atoms. The molecule has 2 fully saturated rings. The van der Waals surface area contributed by atoms with Crippen molar-refractivity contribution in [2.45, 2.75) is 44.3 Å². The van der Waals surface area contributed by atoms with E-state index >= 15 is 0 Å². The average molecular weight is 348 g/mol. The lowest BCUT2D eigenvalue weighted by atomic mass is 10.2. The average Bonchev–Trinajstić information content (AvgIpc) is 3.14. The van der Waals surface area contributed by atoms with Crippen molar-refractivity contribution in [3.8, 4) is 0 Å². The van der Waals surface area contributed by atoms with Crippen LogP contribution in [0.15, 0.2) is 22.9 Å². The molecule has 7 heteroatoms. The zero-order chi connectivity index (χ0) is 16.5. The van der Waals surface area contributed by atoms with E-state index in [0.29, 0.717) is 18.5 Å². The molecule has 0 spiro atoms. The van der Waals surface area contributed by atoms with Gasteiger partial charge in [-0.1, -0.05) is 11.6 Å². The van der Waals surface area contributed by atoms with Crippen LogP contribution in [0.5, 0.6) is 0 Å². The number of likely N-dealkylation sites (N-methyl/N-ethyl adjacent to an activating group) is 1. The molecule has 2 aromatic heterocycles. The van der Waals surface area contributed by atoms with Crippen molar-refractivity contribution in [2.24, 2.45) is 0 Å². The topological polar surface area (TPSA) is 58.3 Å². The summed E-state index contributed by atoms with van der Waals surface area (Å²) in [5, 5.41) is 9.10. The number of rotatable bonds is 6. The SMILES string of the molecule is CN(Cc1nnc(C2CC2)o1)[C@@H]1CCN(Cc2ccncc2Cl)C1. The van der Waals surface area contributed by atoms with Crippen LogP contribution in [0, 0.1) is 0 Å². The number of pyridine rings is 1. The first-order valence-corrected chi connectivity index (χ1v) is 8.90. The van der Waals surface area contributed by atoms with Gasteiger partial charge >= 0.3 is 0 Å². The molecule has 0 unspecified atom stereocenters. The Morgan fingerprint density at radius 2 is 2.21 bits per heavy atom. The van der Waals surface area contributed by atoms with Crippen LogP contribution in [-0.2, 0) is 13.1 Å². The first kappa shape index (κ1) is 16.0. The van der Waals surface area contributed by atoms with Gasteiger partial charge in [0, 0.05) is 44.0 Å². The fourth-order valence-electron chi connectivity index (χ4n) is 3.26. The van der Waals surface area contributed by atoms with Crippen molar-refractivity contribution in [1.29, 1.82) is 0 Å². The van der Waals surface area contributed by atoms with Crippen molar-refractivity contribution in [2.75, 3.05) is 20.1 Å². The third-order valence-electron chi connectivity index (χ3n) is 4.91. The van der Waals surface area contributed by atoms with E-state index in [0.717, 1.165) is 48.4 Å². The molecule has 0 amide bonds. The van der Waals surface area contributed by atoms with Gasteiger partial charge in [-0.05, 0) is 37.9 Å². The highest BCUT2D eigenvalue weighted by atomic mass is 35.5. The van der Waals surface area contributed by atoms with E-state index in [4.69, 9.17) is 16.0 Å². The van der Waals surface area contributed by atoms with E-state index in [9.17, 15) is 0 Å². The quantitative estimate of drug-likeness (QED) is 0.800. The Morgan fingerprint density at radius 3 is 3.00 bits per heavy atom. The van der Waals surface area contributed by atoms with E-state index in [1.165, 1.54) is 12.8 Å². The van der Waals surface area contributed by atoms with E-state index in [2.05, 4.69) is 32.0 Å². The maximum Gasteiger partial charge on any atom is 0.230 e. The number of nitrogens with zero attached hydrogens (tertiary/aromatic N) is 5. The highest BCUT2D eigenvalue weighted by Gasteiger charge is 2.30. The molecule has 0 aromatic carbocycles. The third-order valence-corrected chi connectivity index (χ3v) is 5.26. The van der Waals surface area contributed by atoms with E-state index in [-0.39, 0.29) is 0 Å². The Morgan fingerprint density at radius 1 is 1.33 bits per heavy atom. The second-order valence-corrected chi connectivity index (χ2v) is 7.28. The molecule has 0 radical (unpaired) electrons. The molecule has 1 aliphatic heterocycles. The predicted molar refractivity (Wildman–Crippen MR) is 90.7 cm³/mol. The minimum atomic E-state index is 0.502. The predicted octanol–water partition coefficient (Wildman–Crippen LogP) is 2.70. The standard InChI is InChI=1S/C17H22ClN5O/c1-22(11-16-20-21-17(24-16)12-2-3-12)14-5-7-23(10-14)9-13-4-6-19-8-15(13)18/h4,6,8,12,14H,2-3,5,7,9-11H2,1H3/t14-/m1/s1. The molecular formula is C17H22ClN5O. The Balaban J connectivity index is 1.31. The number of hydrogen-bond donors (Lipinski definition) is 0. The molecule has 1 saturated heterocycles. The maximum absolute atomic E-state index is 6.21. The van der Waals surface area contributed by atoms with Crippen molar-refractivity contribution in [1.82, 2.24) is 25.0 Å². The van der Waals surface area contributed by atoms with E-state index in [1.807, 2.05) is 6.07 Å². The lowest BCUT2D eigenvalue weighted by Gasteiger charge is -2.23. The number of likely N-dealkylation sites (tertiary alicyclic amines) is 1. The van der Waals surface area contributed by atoms with Crippen LogP contribution >= 0.6 is 11.6 Å². The van der Waals surface area contributed by atoms with Crippen LogP contribution in [0.1, 0.15) is 42.5 Å². The molecule has 1 atom stereocenters. The summed E-state index contributed by atoms with van der Waals surface area (Å²) in [6.07, 6.45) is 7.03. The minimum Gasteiger partial charge on any atom is -0.424 e. The zero-order valence-electron chi connectivity index (χ0n) is 13.9. The summed E-state index contributed by atoms with van der Waals surface area (Å²) in [6, 6.07) is 2.50. The van der Waals surface area contributed by atoms with Crippen molar-refractivity contribution in [3.63, 3.8) is 0 Å².